The maximum atomic E-state index is 13.4. The Kier molecular flexibility index (Phi) is 6.33. The summed E-state index contributed by atoms with van der Waals surface area (Å²) in [5.41, 5.74) is 2.98. The molecule has 0 aliphatic carbocycles. The number of thiazole rings is 1. The summed E-state index contributed by atoms with van der Waals surface area (Å²) in [5.74, 6) is -0.938. The summed E-state index contributed by atoms with van der Waals surface area (Å²) in [6.45, 7) is 4.40. The number of rotatable bonds is 5. The summed E-state index contributed by atoms with van der Waals surface area (Å²) < 4.78 is 7.46. The van der Waals surface area contributed by atoms with E-state index in [1.165, 1.54) is 16.2 Å². The van der Waals surface area contributed by atoms with Crippen LogP contribution in [0.3, 0.4) is 0 Å². The first-order chi connectivity index (χ1) is 16.9. The van der Waals surface area contributed by atoms with Gasteiger partial charge in [0.15, 0.2) is 5.13 Å². The van der Waals surface area contributed by atoms with Crippen LogP contribution in [0.4, 0.5) is 5.13 Å². The summed E-state index contributed by atoms with van der Waals surface area (Å²) in [4.78, 5) is 32.8. The van der Waals surface area contributed by atoms with Crippen LogP contribution in [0.5, 0.6) is 5.75 Å². The van der Waals surface area contributed by atoms with Crippen molar-refractivity contribution >= 4 is 66.7 Å². The molecule has 0 spiro atoms. The Labute approximate surface area is 220 Å². The second-order valence-electron chi connectivity index (χ2n) is 8.15. The number of Topliss-reactive ketones (excluding diaryl/α,β-unsaturated/α-hetero) is 1. The number of aromatic nitrogens is 1. The zero-order valence-corrected chi connectivity index (χ0v) is 22.0. The number of anilines is 1. The van der Waals surface area contributed by atoms with Crippen molar-refractivity contribution in [1.82, 2.24) is 4.98 Å². The molecule has 1 atom stereocenters. The number of aliphatic hydroxyl groups excluding tert-OH is 1. The van der Waals surface area contributed by atoms with Crippen LogP contribution in [0.25, 0.3) is 16.0 Å². The molecule has 6 nitrogen and oxygen atoms in total. The SMILES string of the molecule is CCOc1ccc2nc(N3C(=O)C(=O)C(=C(O)c4ccc(C)cc4)C3c3ccc(I)cc3)sc2c1. The highest BCUT2D eigenvalue weighted by atomic mass is 127. The lowest BCUT2D eigenvalue weighted by Gasteiger charge is -2.23. The number of amides is 1. The van der Waals surface area contributed by atoms with E-state index in [2.05, 4.69) is 27.6 Å². The molecule has 1 saturated heterocycles. The van der Waals surface area contributed by atoms with E-state index in [0.29, 0.717) is 34.1 Å². The number of aryl methyl sites for hydroxylation is 1. The van der Waals surface area contributed by atoms with E-state index in [-0.39, 0.29) is 11.3 Å². The van der Waals surface area contributed by atoms with Gasteiger partial charge in [0.05, 0.1) is 28.4 Å². The third-order valence-electron chi connectivity index (χ3n) is 5.82. The normalized spacial score (nSPS) is 17.3. The van der Waals surface area contributed by atoms with Crippen LogP contribution < -0.4 is 9.64 Å². The van der Waals surface area contributed by atoms with Gasteiger partial charge in [-0.15, -0.1) is 0 Å². The van der Waals surface area contributed by atoms with E-state index in [1.54, 1.807) is 12.1 Å². The Morgan fingerprint density at radius 2 is 1.80 bits per heavy atom. The molecule has 1 amide bonds. The van der Waals surface area contributed by atoms with E-state index >= 15 is 0 Å². The van der Waals surface area contributed by atoms with Crippen molar-refractivity contribution in [1.29, 1.82) is 0 Å². The van der Waals surface area contributed by atoms with E-state index in [1.807, 2.05) is 68.4 Å². The number of carbonyl (C=O) groups is 2. The van der Waals surface area contributed by atoms with Gasteiger partial charge in [-0.1, -0.05) is 53.3 Å². The van der Waals surface area contributed by atoms with Gasteiger partial charge in [0.1, 0.15) is 11.5 Å². The molecule has 4 aromatic rings. The molecule has 35 heavy (non-hydrogen) atoms. The molecular weight excluding hydrogens is 575 g/mol. The zero-order chi connectivity index (χ0) is 24.7. The molecule has 3 aromatic carbocycles. The van der Waals surface area contributed by atoms with Crippen LogP contribution in [0.15, 0.2) is 72.3 Å². The van der Waals surface area contributed by atoms with Gasteiger partial charge in [-0.25, -0.2) is 4.98 Å². The summed E-state index contributed by atoms with van der Waals surface area (Å²) in [6, 6.07) is 19.5. The fourth-order valence-corrected chi connectivity index (χ4v) is 5.49. The number of aliphatic hydroxyl groups is 1. The number of fused-ring (bicyclic) bond motifs is 1. The molecule has 0 radical (unpaired) electrons. The van der Waals surface area contributed by atoms with Crippen molar-refractivity contribution in [2.45, 2.75) is 19.9 Å². The lowest BCUT2D eigenvalue weighted by atomic mass is 9.95. The molecule has 2 heterocycles. The number of hydrogen-bond donors (Lipinski definition) is 1. The molecule has 8 heteroatoms. The van der Waals surface area contributed by atoms with Crippen LogP contribution in [0.1, 0.15) is 29.7 Å². The van der Waals surface area contributed by atoms with Gasteiger partial charge in [-0.05, 0) is 72.3 Å². The third-order valence-corrected chi connectivity index (χ3v) is 7.56. The fraction of sp³-hybridized carbons (Fsp3) is 0.148. The average Bonchev–Trinajstić information content (AvgIpc) is 3.38. The third kappa shape index (κ3) is 4.32. The second-order valence-corrected chi connectivity index (χ2v) is 10.4. The average molecular weight is 596 g/mol. The summed E-state index contributed by atoms with van der Waals surface area (Å²) in [5, 5.41) is 11.6. The van der Waals surface area contributed by atoms with Crippen molar-refractivity contribution < 1.29 is 19.4 Å². The Balaban J connectivity index is 1.69. The quantitative estimate of drug-likeness (QED) is 0.128. The number of ketones is 1. The van der Waals surface area contributed by atoms with E-state index in [0.717, 1.165) is 13.8 Å². The van der Waals surface area contributed by atoms with Gasteiger partial charge in [0.2, 0.25) is 0 Å². The molecule has 5 rings (SSSR count). The van der Waals surface area contributed by atoms with E-state index in [4.69, 9.17) is 4.74 Å². The Hall–Kier alpha value is -3.24. The molecule has 1 fully saturated rings. The lowest BCUT2D eigenvalue weighted by Crippen LogP contribution is -2.29. The Bertz CT molecular complexity index is 1480. The van der Waals surface area contributed by atoms with Crippen LogP contribution in [0.2, 0.25) is 0 Å². The number of hydrogen-bond acceptors (Lipinski definition) is 6. The maximum Gasteiger partial charge on any atom is 0.301 e. The van der Waals surface area contributed by atoms with Crippen LogP contribution in [-0.4, -0.2) is 28.4 Å². The first kappa shape index (κ1) is 23.5. The van der Waals surface area contributed by atoms with Gasteiger partial charge in [-0.3, -0.25) is 14.5 Å². The molecule has 1 unspecified atom stereocenters. The van der Waals surface area contributed by atoms with Gasteiger partial charge in [-0.2, -0.15) is 0 Å². The molecule has 1 aliphatic rings. The zero-order valence-electron chi connectivity index (χ0n) is 19.0. The minimum atomic E-state index is -0.805. The summed E-state index contributed by atoms with van der Waals surface area (Å²) >= 11 is 3.51. The highest BCUT2D eigenvalue weighted by Gasteiger charge is 2.48. The highest BCUT2D eigenvalue weighted by molar-refractivity contribution is 14.1. The topological polar surface area (TPSA) is 79.7 Å². The first-order valence-corrected chi connectivity index (χ1v) is 12.9. The molecule has 1 N–H and O–H groups in total. The van der Waals surface area contributed by atoms with Crippen LogP contribution >= 0.6 is 33.9 Å². The van der Waals surface area contributed by atoms with Crippen molar-refractivity contribution in [2.24, 2.45) is 0 Å². The van der Waals surface area contributed by atoms with Crippen LogP contribution in [0, 0.1) is 10.5 Å². The molecule has 176 valence electrons. The lowest BCUT2D eigenvalue weighted by molar-refractivity contribution is -0.132. The van der Waals surface area contributed by atoms with E-state index in [9.17, 15) is 14.7 Å². The smallest absolute Gasteiger partial charge is 0.301 e. The number of ether oxygens (including phenoxy) is 1. The first-order valence-electron chi connectivity index (χ1n) is 11.0. The Morgan fingerprint density at radius 1 is 1.09 bits per heavy atom. The molecule has 0 saturated carbocycles. The van der Waals surface area contributed by atoms with Crippen LogP contribution in [-0.2, 0) is 9.59 Å². The predicted octanol–water partition coefficient (Wildman–Crippen LogP) is 6.23. The van der Waals surface area contributed by atoms with Crippen molar-refractivity contribution in [3.05, 3.63) is 92.6 Å². The number of carbonyl (C=O) groups excluding carboxylic acids is 2. The summed E-state index contributed by atoms with van der Waals surface area (Å²) in [6.07, 6.45) is 0. The second kappa shape index (κ2) is 9.43. The maximum absolute atomic E-state index is 13.4. The van der Waals surface area contributed by atoms with Gasteiger partial charge in [0.25, 0.3) is 5.78 Å². The number of halogens is 1. The van der Waals surface area contributed by atoms with Gasteiger partial charge < -0.3 is 9.84 Å². The highest BCUT2D eigenvalue weighted by Crippen LogP contribution is 2.44. The largest absolute Gasteiger partial charge is 0.507 e. The van der Waals surface area contributed by atoms with Gasteiger partial charge >= 0.3 is 5.91 Å². The van der Waals surface area contributed by atoms with Crippen molar-refractivity contribution in [3.8, 4) is 5.75 Å². The minimum absolute atomic E-state index is 0.0503. The monoisotopic (exact) mass is 596 g/mol. The molecule has 0 bridgehead atoms. The summed E-state index contributed by atoms with van der Waals surface area (Å²) in [7, 11) is 0. The molecular formula is C27H21IN2O4S. The minimum Gasteiger partial charge on any atom is -0.507 e. The molecule has 1 aliphatic heterocycles. The number of nitrogens with zero attached hydrogens (tertiary/aromatic N) is 2. The predicted molar refractivity (Wildman–Crippen MR) is 146 cm³/mol. The standard InChI is InChI=1S/C27H21IN2O4S/c1-3-34-19-12-13-20-21(14-19)35-27(29-20)30-23(16-8-10-18(28)11-9-16)22(25(32)26(30)33)24(31)17-6-4-15(2)5-7-17/h4-14,23,31H,3H2,1-2H3. The molecule has 1 aromatic heterocycles. The van der Waals surface area contributed by atoms with Gasteiger partial charge in [0, 0.05) is 9.13 Å². The van der Waals surface area contributed by atoms with Crippen molar-refractivity contribution in [3.63, 3.8) is 0 Å². The number of benzene rings is 3. The Morgan fingerprint density at radius 3 is 2.49 bits per heavy atom. The van der Waals surface area contributed by atoms with E-state index < -0.39 is 17.7 Å². The van der Waals surface area contributed by atoms with Crippen molar-refractivity contribution in [2.75, 3.05) is 11.5 Å². The fourth-order valence-electron chi connectivity index (χ4n) is 4.11.